The Morgan fingerprint density at radius 3 is 3.00 bits per heavy atom. The lowest BCUT2D eigenvalue weighted by molar-refractivity contribution is 0.0748. The van der Waals surface area contributed by atoms with Gasteiger partial charge in [-0.15, -0.1) is 0 Å². The Hall–Kier alpha value is -0.920. The van der Waals surface area contributed by atoms with Gasteiger partial charge in [0.1, 0.15) is 4.90 Å². The molecule has 1 aromatic heterocycles. The molecule has 2 N–H and O–H groups in total. The molecular weight excluding hydrogens is 218 g/mol. The standard InChI is InChI=1S/C8H13N3O3S/c1-15(12,13)7-4-10-11-8(7)6-5-14-3-2-9-6/h4,6,9H,2-3,5H2,1H3,(H,10,11)/t6-/m1/s1. The summed E-state index contributed by atoms with van der Waals surface area (Å²) in [5, 5.41) is 9.65. The van der Waals surface area contributed by atoms with Crippen LogP contribution < -0.4 is 5.32 Å². The molecule has 0 radical (unpaired) electrons. The fourth-order valence-electron chi connectivity index (χ4n) is 1.58. The van der Waals surface area contributed by atoms with E-state index in [0.29, 0.717) is 25.5 Å². The molecule has 1 aromatic rings. The van der Waals surface area contributed by atoms with E-state index in [9.17, 15) is 8.42 Å². The van der Waals surface area contributed by atoms with E-state index in [4.69, 9.17) is 4.74 Å². The van der Waals surface area contributed by atoms with Gasteiger partial charge in [0.2, 0.25) is 0 Å². The molecule has 1 fully saturated rings. The lowest BCUT2D eigenvalue weighted by Gasteiger charge is -2.23. The summed E-state index contributed by atoms with van der Waals surface area (Å²) in [6.07, 6.45) is 2.51. The molecule has 1 atom stereocenters. The van der Waals surface area contributed by atoms with Gasteiger partial charge in [-0.05, 0) is 0 Å². The van der Waals surface area contributed by atoms with Crippen LogP contribution in [-0.4, -0.2) is 44.6 Å². The van der Waals surface area contributed by atoms with Gasteiger partial charge >= 0.3 is 0 Å². The Morgan fingerprint density at radius 2 is 2.40 bits per heavy atom. The molecule has 7 heteroatoms. The third kappa shape index (κ3) is 2.19. The van der Waals surface area contributed by atoms with E-state index in [1.165, 1.54) is 12.5 Å². The highest BCUT2D eigenvalue weighted by molar-refractivity contribution is 7.90. The molecule has 1 saturated heterocycles. The maximum Gasteiger partial charge on any atom is 0.178 e. The van der Waals surface area contributed by atoms with Crippen molar-refractivity contribution in [3.63, 3.8) is 0 Å². The van der Waals surface area contributed by atoms with Crippen LogP contribution in [0.3, 0.4) is 0 Å². The van der Waals surface area contributed by atoms with E-state index >= 15 is 0 Å². The number of nitrogens with zero attached hydrogens (tertiary/aromatic N) is 1. The number of hydrogen-bond acceptors (Lipinski definition) is 5. The molecule has 2 rings (SSSR count). The molecule has 1 aliphatic heterocycles. The number of ether oxygens (including phenoxy) is 1. The molecule has 0 bridgehead atoms. The molecule has 6 nitrogen and oxygen atoms in total. The molecule has 0 spiro atoms. The average molecular weight is 231 g/mol. The first-order valence-electron chi connectivity index (χ1n) is 4.63. The highest BCUT2D eigenvalue weighted by Crippen LogP contribution is 2.21. The van der Waals surface area contributed by atoms with Crippen molar-refractivity contribution in [1.82, 2.24) is 15.5 Å². The van der Waals surface area contributed by atoms with Crippen LogP contribution in [0.15, 0.2) is 11.1 Å². The van der Waals surface area contributed by atoms with Crippen LogP contribution in [-0.2, 0) is 14.6 Å². The second kappa shape index (κ2) is 3.92. The second-order valence-electron chi connectivity index (χ2n) is 3.50. The van der Waals surface area contributed by atoms with Crippen molar-refractivity contribution >= 4 is 9.84 Å². The van der Waals surface area contributed by atoms with E-state index in [1.54, 1.807) is 0 Å². The summed E-state index contributed by atoms with van der Waals surface area (Å²) in [5.41, 5.74) is 0.581. The van der Waals surface area contributed by atoms with Crippen molar-refractivity contribution in [2.75, 3.05) is 26.0 Å². The quantitative estimate of drug-likeness (QED) is 0.715. The van der Waals surface area contributed by atoms with Crippen molar-refractivity contribution in [3.8, 4) is 0 Å². The van der Waals surface area contributed by atoms with E-state index in [-0.39, 0.29) is 10.9 Å². The Balaban J connectivity index is 2.32. The van der Waals surface area contributed by atoms with Gasteiger partial charge in [0.15, 0.2) is 9.84 Å². The Morgan fingerprint density at radius 1 is 1.60 bits per heavy atom. The number of aromatic nitrogens is 2. The summed E-state index contributed by atoms with van der Waals surface area (Å²) < 4.78 is 28.1. The molecule has 84 valence electrons. The predicted octanol–water partition coefficient (Wildman–Crippen LogP) is -0.526. The van der Waals surface area contributed by atoms with Crippen LogP contribution in [0.1, 0.15) is 11.7 Å². The maximum absolute atomic E-state index is 11.4. The fraction of sp³-hybridized carbons (Fsp3) is 0.625. The van der Waals surface area contributed by atoms with Gasteiger partial charge in [-0.25, -0.2) is 8.42 Å². The molecule has 1 aliphatic rings. The van der Waals surface area contributed by atoms with Crippen LogP contribution in [0.4, 0.5) is 0 Å². The van der Waals surface area contributed by atoms with Gasteiger partial charge < -0.3 is 10.1 Å². The summed E-state index contributed by atoms with van der Waals surface area (Å²) in [6, 6.07) is -0.119. The third-order valence-corrected chi connectivity index (χ3v) is 3.43. The van der Waals surface area contributed by atoms with Crippen molar-refractivity contribution < 1.29 is 13.2 Å². The first-order valence-corrected chi connectivity index (χ1v) is 6.52. The van der Waals surface area contributed by atoms with Crippen LogP contribution in [0, 0.1) is 0 Å². The molecule has 0 amide bonds. The highest BCUT2D eigenvalue weighted by atomic mass is 32.2. The minimum absolute atomic E-state index is 0.119. The van der Waals surface area contributed by atoms with E-state index < -0.39 is 9.84 Å². The first-order chi connectivity index (χ1) is 7.09. The number of aromatic amines is 1. The Labute approximate surface area is 87.9 Å². The second-order valence-corrected chi connectivity index (χ2v) is 5.49. The highest BCUT2D eigenvalue weighted by Gasteiger charge is 2.24. The minimum atomic E-state index is -3.23. The average Bonchev–Trinajstić information content (AvgIpc) is 2.67. The van der Waals surface area contributed by atoms with Crippen molar-refractivity contribution in [2.24, 2.45) is 0 Å². The van der Waals surface area contributed by atoms with E-state index in [0.717, 1.165) is 0 Å². The lowest BCUT2D eigenvalue weighted by atomic mass is 10.2. The number of morpholine rings is 1. The smallest absolute Gasteiger partial charge is 0.178 e. The van der Waals surface area contributed by atoms with Gasteiger partial charge in [0.05, 0.1) is 31.1 Å². The normalized spacial score (nSPS) is 22.9. The van der Waals surface area contributed by atoms with Gasteiger partial charge in [-0.3, -0.25) is 5.10 Å². The van der Waals surface area contributed by atoms with Crippen molar-refractivity contribution in [1.29, 1.82) is 0 Å². The van der Waals surface area contributed by atoms with E-state index in [2.05, 4.69) is 15.5 Å². The number of rotatable bonds is 2. The first kappa shape index (κ1) is 10.6. The van der Waals surface area contributed by atoms with Crippen LogP contribution >= 0.6 is 0 Å². The maximum atomic E-state index is 11.4. The zero-order chi connectivity index (χ0) is 10.9. The zero-order valence-corrected chi connectivity index (χ0v) is 9.17. The van der Waals surface area contributed by atoms with Crippen LogP contribution in [0.2, 0.25) is 0 Å². The summed E-state index contributed by atoms with van der Waals surface area (Å²) in [6.45, 7) is 1.83. The predicted molar refractivity (Wildman–Crippen MR) is 53.3 cm³/mol. The summed E-state index contributed by atoms with van der Waals surface area (Å²) in [5.74, 6) is 0. The monoisotopic (exact) mass is 231 g/mol. The molecule has 0 unspecified atom stereocenters. The lowest BCUT2D eigenvalue weighted by Crippen LogP contribution is -2.35. The Kier molecular flexibility index (Phi) is 2.76. The largest absolute Gasteiger partial charge is 0.378 e. The molecule has 15 heavy (non-hydrogen) atoms. The zero-order valence-electron chi connectivity index (χ0n) is 8.36. The Bertz CT molecular complexity index is 434. The van der Waals surface area contributed by atoms with E-state index in [1.807, 2.05) is 0 Å². The molecule has 0 aliphatic carbocycles. The summed E-state index contributed by atoms with van der Waals surface area (Å²) >= 11 is 0. The van der Waals surface area contributed by atoms with Crippen molar-refractivity contribution in [2.45, 2.75) is 10.9 Å². The summed E-state index contributed by atoms with van der Waals surface area (Å²) in [4.78, 5) is 0.241. The van der Waals surface area contributed by atoms with Gasteiger partial charge in [-0.1, -0.05) is 0 Å². The van der Waals surface area contributed by atoms with Gasteiger partial charge in [0.25, 0.3) is 0 Å². The third-order valence-electron chi connectivity index (χ3n) is 2.30. The van der Waals surface area contributed by atoms with Crippen LogP contribution in [0.25, 0.3) is 0 Å². The fourth-order valence-corrected chi connectivity index (χ4v) is 2.41. The van der Waals surface area contributed by atoms with Crippen LogP contribution in [0.5, 0.6) is 0 Å². The SMILES string of the molecule is CS(=O)(=O)c1cn[nH]c1[C@H]1COCCN1. The number of nitrogens with one attached hydrogen (secondary N) is 2. The molecular formula is C8H13N3O3S. The van der Waals surface area contributed by atoms with Crippen molar-refractivity contribution in [3.05, 3.63) is 11.9 Å². The molecule has 0 saturated carbocycles. The number of H-pyrrole nitrogens is 1. The number of sulfone groups is 1. The minimum Gasteiger partial charge on any atom is -0.378 e. The van der Waals surface area contributed by atoms with Gasteiger partial charge in [-0.2, -0.15) is 5.10 Å². The number of hydrogen-bond donors (Lipinski definition) is 2. The molecule has 0 aromatic carbocycles. The topological polar surface area (TPSA) is 84.1 Å². The van der Waals surface area contributed by atoms with Gasteiger partial charge in [0, 0.05) is 12.8 Å². The molecule has 2 heterocycles. The summed E-state index contributed by atoms with van der Waals surface area (Å²) in [7, 11) is -3.23.